The molecule has 1 amide bonds. The van der Waals surface area contributed by atoms with Crippen molar-refractivity contribution in [3.63, 3.8) is 0 Å². The van der Waals surface area contributed by atoms with Gasteiger partial charge in [0.1, 0.15) is 11.7 Å². The number of rotatable bonds is 2. The number of hydrogen-bond donors (Lipinski definition) is 1. The SMILES string of the molecule is O=C(O)[C@H]1CCCN1C(=O)c1ccc(Cl)cn1. The van der Waals surface area contributed by atoms with E-state index in [1.165, 1.54) is 17.2 Å². The predicted molar refractivity (Wildman–Crippen MR) is 60.9 cm³/mol. The summed E-state index contributed by atoms with van der Waals surface area (Å²) in [6.07, 6.45) is 2.57. The number of hydrogen-bond acceptors (Lipinski definition) is 3. The number of amides is 1. The van der Waals surface area contributed by atoms with Crippen molar-refractivity contribution in [1.29, 1.82) is 0 Å². The first-order valence-electron chi connectivity index (χ1n) is 5.25. The number of aliphatic carboxylic acids is 1. The van der Waals surface area contributed by atoms with E-state index in [9.17, 15) is 9.59 Å². The number of carboxylic acids is 1. The first-order valence-corrected chi connectivity index (χ1v) is 5.62. The summed E-state index contributed by atoms with van der Waals surface area (Å²) in [5, 5.41) is 9.43. The molecule has 0 radical (unpaired) electrons. The molecule has 1 saturated heterocycles. The zero-order valence-electron chi connectivity index (χ0n) is 8.97. The number of carboxylic acid groups (broad SMARTS) is 1. The summed E-state index contributed by atoms with van der Waals surface area (Å²) in [6, 6.07) is 2.33. The maximum Gasteiger partial charge on any atom is 0.326 e. The summed E-state index contributed by atoms with van der Waals surface area (Å²) in [5.41, 5.74) is 0.225. The van der Waals surface area contributed by atoms with Gasteiger partial charge in [-0.05, 0) is 25.0 Å². The van der Waals surface area contributed by atoms with E-state index in [2.05, 4.69) is 4.98 Å². The van der Waals surface area contributed by atoms with Gasteiger partial charge in [-0.1, -0.05) is 11.6 Å². The van der Waals surface area contributed by atoms with Gasteiger partial charge in [-0.15, -0.1) is 0 Å². The molecule has 0 saturated carbocycles. The first kappa shape index (κ1) is 11.9. The Bertz CT molecular complexity index is 447. The minimum atomic E-state index is -0.968. The van der Waals surface area contributed by atoms with Crippen LogP contribution in [-0.2, 0) is 4.79 Å². The van der Waals surface area contributed by atoms with Crippen molar-refractivity contribution >= 4 is 23.5 Å². The van der Waals surface area contributed by atoms with Crippen LogP contribution in [0.15, 0.2) is 18.3 Å². The maximum absolute atomic E-state index is 12.0. The number of carbonyl (C=O) groups excluding carboxylic acids is 1. The van der Waals surface area contributed by atoms with Crippen LogP contribution in [0.3, 0.4) is 0 Å². The van der Waals surface area contributed by atoms with Crippen LogP contribution in [0, 0.1) is 0 Å². The van der Waals surface area contributed by atoms with Crippen molar-refractivity contribution in [3.8, 4) is 0 Å². The Morgan fingerprint density at radius 3 is 2.82 bits per heavy atom. The number of carbonyl (C=O) groups is 2. The molecule has 0 bridgehead atoms. The quantitative estimate of drug-likeness (QED) is 0.867. The molecule has 1 aromatic heterocycles. The topological polar surface area (TPSA) is 70.5 Å². The third-order valence-electron chi connectivity index (χ3n) is 2.75. The molecule has 1 aliphatic rings. The summed E-state index contributed by atoms with van der Waals surface area (Å²) in [6.45, 7) is 0.458. The van der Waals surface area contributed by atoms with Gasteiger partial charge >= 0.3 is 5.97 Å². The molecular formula is C11H11ClN2O3. The molecule has 5 nitrogen and oxygen atoms in total. The van der Waals surface area contributed by atoms with Gasteiger partial charge in [-0.2, -0.15) is 0 Å². The van der Waals surface area contributed by atoms with Gasteiger partial charge < -0.3 is 10.0 Å². The Hall–Kier alpha value is -1.62. The minimum Gasteiger partial charge on any atom is -0.480 e. The van der Waals surface area contributed by atoms with Crippen molar-refractivity contribution < 1.29 is 14.7 Å². The summed E-state index contributed by atoms with van der Waals surface area (Å²) >= 11 is 5.67. The molecular weight excluding hydrogens is 244 g/mol. The zero-order valence-corrected chi connectivity index (χ0v) is 9.72. The van der Waals surface area contributed by atoms with Crippen LogP contribution in [0.25, 0.3) is 0 Å². The largest absolute Gasteiger partial charge is 0.480 e. The number of nitrogens with zero attached hydrogens (tertiary/aromatic N) is 2. The molecule has 2 heterocycles. The van der Waals surface area contributed by atoms with Crippen LogP contribution >= 0.6 is 11.6 Å². The van der Waals surface area contributed by atoms with Crippen molar-refractivity contribution in [2.24, 2.45) is 0 Å². The molecule has 90 valence electrons. The molecule has 1 aromatic rings. The van der Waals surface area contributed by atoms with E-state index in [1.807, 2.05) is 0 Å². The van der Waals surface area contributed by atoms with E-state index in [0.29, 0.717) is 24.4 Å². The molecule has 1 atom stereocenters. The molecule has 1 fully saturated rings. The third-order valence-corrected chi connectivity index (χ3v) is 2.97. The van der Waals surface area contributed by atoms with Crippen molar-refractivity contribution in [2.45, 2.75) is 18.9 Å². The lowest BCUT2D eigenvalue weighted by molar-refractivity contribution is -0.141. The highest BCUT2D eigenvalue weighted by molar-refractivity contribution is 6.30. The van der Waals surface area contributed by atoms with Crippen molar-refractivity contribution in [3.05, 3.63) is 29.0 Å². The molecule has 0 aliphatic carbocycles. The minimum absolute atomic E-state index is 0.225. The van der Waals surface area contributed by atoms with E-state index in [1.54, 1.807) is 6.07 Å². The van der Waals surface area contributed by atoms with E-state index >= 15 is 0 Å². The Morgan fingerprint density at radius 1 is 1.47 bits per heavy atom. The Kier molecular flexibility index (Phi) is 3.28. The maximum atomic E-state index is 12.0. The molecule has 0 spiro atoms. The van der Waals surface area contributed by atoms with E-state index < -0.39 is 12.0 Å². The van der Waals surface area contributed by atoms with Crippen LogP contribution in [0.1, 0.15) is 23.3 Å². The van der Waals surface area contributed by atoms with Gasteiger partial charge in [0, 0.05) is 12.7 Å². The van der Waals surface area contributed by atoms with Crippen LogP contribution in [0.2, 0.25) is 5.02 Å². The first-order chi connectivity index (χ1) is 8.09. The van der Waals surface area contributed by atoms with Crippen LogP contribution in [-0.4, -0.2) is 39.5 Å². The normalized spacial score (nSPS) is 19.4. The van der Waals surface area contributed by atoms with Gasteiger partial charge in [-0.3, -0.25) is 4.79 Å². The molecule has 1 aliphatic heterocycles. The average molecular weight is 255 g/mol. The summed E-state index contributed by atoms with van der Waals surface area (Å²) in [7, 11) is 0. The second-order valence-electron chi connectivity index (χ2n) is 3.86. The number of pyridine rings is 1. The number of aromatic nitrogens is 1. The highest BCUT2D eigenvalue weighted by atomic mass is 35.5. The molecule has 1 N–H and O–H groups in total. The average Bonchev–Trinajstić information content (AvgIpc) is 2.78. The van der Waals surface area contributed by atoms with Crippen LogP contribution in [0.4, 0.5) is 0 Å². The summed E-state index contributed by atoms with van der Waals surface area (Å²) in [4.78, 5) is 28.2. The van der Waals surface area contributed by atoms with Gasteiger partial charge in [0.2, 0.25) is 0 Å². The van der Waals surface area contributed by atoms with Gasteiger partial charge in [0.25, 0.3) is 5.91 Å². The Labute approximate surface area is 103 Å². The van der Waals surface area contributed by atoms with Gasteiger partial charge in [0.05, 0.1) is 5.02 Å². The van der Waals surface area contributed by atoms with E-state index in [-0.39, 0.29) is 11.6 Å². The summed E-state index contributed by atoms with van der Waals surface area (Å²) in [5.74, 6) is -1.32. The highest BCUT2D eigenvalue weighted by Crippen LogP contribution is 2.20. The number of halogens is 1. The van der Waals surface area contributed by atoms with Gasteiger partial charge in [0.15, 0.2) is 0 Å². The molecule has 17 heavy (non-hydrogen) atoms. The monoisotopic (exact) mass is 254 g/mol. The molecule has 6 heteroatoms. The van der Waals surface area contributed by atoms with E-state index in [4.69, 9.17) is 16.7 Å². The van der Waals surface area contributed by atoms with Crippen molar-refractivity contribution in [2.75, 3.05) is 6.54 Å². The molecule has 0 unspecified atom stereocenters. The number of likely N-dealkylation sites (tertiary alicyclic amines) is 1. The van der Waals surface area contributed by atoms with Crippen LogP contribution in [0.5, 0.6) is 0 Å². The zero-order chi connectivity index (χ0) is 12.4. The smallest absolute Gasteiger partial charge is 0.326 e. The standard InChI is InChI=1S/C11H11ClN2O3/c12-7-3-4-8(13-6-7)10(15)14-5-1-2-9(14)11(16)17/h3-4,6,9H,1-2,5H2,(H,16,17)/t9-/m1/s1. The second kappa shape index (κ2) is 4.71. The van der Waals surface area contributed by atoms with Crippen LogP contribution < -0.4 is 0 Å². The summed E-state index contributed by atoms with van der Waals surface area (Å²) < 4.78 is 0. The van der Waals surface area contributed by atoms with E-state index in [0.717, 1.165) is 0 Å². The fourth-order valence-electron chi connectivity index (χ4n) is 1.92. The Balaban J connectivity index is 2.19. The predicted octanol–water partition coefficient (Wildman–Crippen LogP) is 1.42. The van der Waals surface area contributed by atoms with Crippen molar-refractivity contribution in [1.82, 2.24) is 9.88 Å². The highest BCUT2D eigenvalue weighted by Gasteiger charge is 2.34. The third kappa shape index (κ3) is 2.39. The fraction of sp³-hybridized carbons (Fsp3) is 0.364. The molecule has 0 aromatic carbocycles. The second-order valence-corrected chi connectivity index (χ2v) is 4.29. The fourth-order valence-corrected chi connectivity index (χ4v) is 2.03. The lowest BCUT2D eigenvalue weighted by atomic mass is 10.2. The van der Waals surface area contributed by atoms with Gasteiger partial charge in [-0.25, -0.2) is 9.78 Å². The molecule has 2 rings (SSSR count). The Morgan fingerprint density at radius 2 is 2.24 bits per heavy atom. The lowest BCUT2D eigenvalue weighted by Crippen LogP contribution is -2.40. The lowest BCUT2D eigenvalue weighted by Gasteiger charge is -2.20.